The molecule has 1 aromatic heterocycles. The number of amides is 2. The summed E-state index contributed by atoms with van der Waals surface area (Å²) in [5, 5.41) is 0. The highest BCUT2D eigenvalue weighted by atomic mass is 16.5. The van der Waals surface area contributed by atoms with Crippen LogP contribution in [0.15, 0.2) is 60.9 Å². The number of rotatable bonds is 8. The summed E-state index contributed by atoms with van der Waals surface area (Å²) in [6, 6.07) is 13.4. The fourth-order valence-corrected chi connectivity index (χ4v) is 4.62. The van der Waals surface area contributed by atoms with Gasteiger partial charge in [0, 0.05) is 49.4 Å². The quantitative estimate of drug-likeness (QED) is 0.352. The Labute approximate surface area is 218 Å². The van der Waals surface area contributed by atoms with Crippen LogP contribution in [0, 0.1) is 12.3 Å². The number of para-hydroxylation sites is 1. The lowest BCUT2D eigenvalue weighted by Gasteiger charge is -2.39. The van der Waals surface area contributed by atoms with E-state index in [1.165, 1.54) is 0 Å². The maximum Gasteiger partial charge on any atom is 0.254 e. The zero-order valence-corrected chi connectivity index (χ0v) is 21.6. The highest BCUT2D eigenvalue weighted by molar-refractivity contribution is 5.98. The van der Waals surface area contributed by atoms with E-state index < -0.39 is 0 Å². The number of fused-ring (bicyclic) bond motifs is 1. The van der Waals surface area contributed by atoms with Gasteiger partial charge in [0.2, 0.25) is 5.91 Å². The molecular weight excluding hydrogens is 466 g/mol. The molecule has 3 aromatic rings. The molecule has 0 saturated carbocycles. The second kappa shape index (κ2) is 11.8. The molecule has 0 bridgehead atoms. The van der Waals surface area contributed by atoms with E-state index in [1.54, 1.807) is 24.4 Å². The van der Waals surface area contributed by atoms with Gasteiger partial charge in [-0.1, -0.05) is 30.2 Å². The van der Waals surface area contributed by atoms with E-state index in [1.807, 2.05) is 76.9 Å². The highest BCUT2D eigenvalue weighted by Crippen LogP contribution is 2.23. The molecule has 2 heterocycles. The van der Waals surface area contributed by atoms with Gasteiger partial charge >= 0.3 is 0 Å². The average molecular weight is 500 g/mol. The second-order valence-electron chi connectivity index (χ2n) is 9.32. The Balaban J connectivity index is 1.40. The number of benzene rings is 2. The zero-order chi connectivity index (χ0) is 26.4. The number of terminal acetylenes is 1. The molecule has 0 N–H and O–H groups in total. The number of hydrogen-bond acceptors (Lipinski definition) is 5. The third-order valence-corrected chi connectivity index (χ3v) is 6.64. The first kappa shape index (κ1) is 26.0. The first-order chi connectivity index (χ1) is 17.9. The summed E-state index contributed by atoms with van der Waals surface area (Å²) in [6.45, 7) is 5.21. The van der Waals surface area contributed by atoms with Crippen molar-refractivity contribution in [2.24, 2.45) is 0 Å². The van der Waals surface area contributed by atoms with E-state index in [0.29, 0.717) is 44.8 Å². The van der Waals surface area contributed by atoms with Crippen LogP contribution in [0.4, 0.5) is 0 Å². The minimum absolute atomic E-state index is 0.0462. The summed E-state index contributed by atoms with van der Waals surface area (Å²) in [6.07, 6.45) is 10.5. The maximum atomic E-state index is 13.4. The van der Waals surface area contributed by atoms with Crippen LogP contribution in [0.3, 0.4) is 0 Å². The molecule has 1 atom stereocenters. The number of aromatic nitrogens is 2. The van der Waals surface area contributed by atoms with Crippen LogP contribution in [0.2, 0.25) is 0 Å². The number of ether oxygens (including phenoxy) is 1. The molecule has 1 fully saturated rings. The van der Waals surface area contributed by atoms with E-state index in [2.05, 4.69) is 10.9 Å². The van der Waals surface area contributed by atoms with Crippen LogP contribution >= 0.6 is 0 Å². The van der Waals surface area contributed by atoms with Crippen molar-refractivity contribution in [3.05, 3.63) is 72.1 Å². The Kier molecular flexibility index (Phi) is 8.26. The van der Waals surface area contributed by atoms with Crippen molar-refractivity contribution < 1.29 is 14.3 Å². The molecule has 4 rings (SSSR count). The van der Waals surface area contributed by atoms with Crippen molar-refractivity contribution in [2.75, 3.05) is 46.9 Å². The number of piperazine rings is 1. The predicted molar refractivity (Wildman–Crippen MR) is 144 cm³/mol. The molecule has 8 nitrogen and oxygen atoms in total. The molecule has 0 spiro atoms. The standard InChI is InChI=1S/C29H33N5O3/c1-5-14-31(3)15-8-11-28(35)32-16-17-34(22(2)19-32)29(36)23-12-13-26-25(18-23)30-21-33(26)20-24-9-6-7-10-27(24)37-4/h1,6-13,18,21-22H,14-17,19-20H2,2-4H3/b11-8+/t22-/m1/s1. The van der Waals surface area contributed by atoms with Gasteiger partial charge in [0.15, 0.2) is 0 Å². The van der Waals surface area contributed by atoms with Gasteiger partial charge in [-0.15, -0.1) is 6.42 Å². The van der Waals surface area contributed by atoms with Gasteiger partial charge in [-0.2, -0.15) is 0 Å². The summed E-state index contributed by atoms with van der Waals surface area (Å²) >= 11 is 0. The van der Waals surface area contributed by atoms with Crippen LogP contribution in [0.25, 0.3) is 11.0 Å². The minimum Gasteiger partial charge on any atom is -0.496 e. The largest absolute Gasteiger partial charge is 0.496 e. The Morgan fingerprint density at radius 3 is 2.81 bits per heavy atom. The minimum atomic E-state index is -0.0958. The zero-order valence-electron chi connectivity index (χ0n) is 21.6. The van der Waals surface area contributed by atoms with Crippen molar-refractivity contribution >= 4 is 22.8 Å². The SMILES string of the molecule is C#CCN(C)C/C=C/C(=O)N1CCN(C(=O)c2ccc3c(c2)ncn3Cc2ccccc2OC)[C@H](C)C1. The average Bonchev–Trinajstić information content (AvgIpc) is 3.30. The lowest BCUT2D eigenvalue weighted by molar-refractivity contribution is -0.128. The smallest absolute Gasteiger partial charge is 0.254 e. The Hall–Kier alpha value is -4.09. The Morgan fingerprint density at radius 1 is 1.24 bits per heavy atom. The Morgan fingerprint density at radius 2 is 2.05 bits per heavy atom. The van der Waals surface area contributed by atoms with Crippen molar-refractivity contribution in [2.45, 2.75) is 19.5 Å². The molecule has 0 aliphatic carbocycles. The van der Waals surface area contributed by atoms with Crippen molar-refractivity contribution in [1.82, 2.24) is 24.3 Å². The van der Waals surface area contributed by atoms with Crippen molar-refractivity contribution in [3.63, 3.8) is 0 Å². The number of carbonyl (C=O) groups excluding carboxylic acids is 2. The number of hydrogen-bond donors (Lipinski definition) is 0. The van der Waals surface area contributed by atoms with Gasteiger partial charge in [0.1, 0.15) is 5.75 Å². The number of likely N-dealkylation sites (N-methyl/N-ethyl adjacent to an activating group) is 1. The third-order valence-electron chi connectivity index (χ3n) is 6.64. The summed E-state index contributed by atoms with van der Waals surface area (Å²) in [5.74, 6) is 3.31. The number of nitrogens with zero attached hydrogens (tertiary/aromatic N) is 5. The topological polar surface area (TPSA) is 70.9 Å². The van der Waals surface area contributed by atoms with Crippen LogP contribution in [-0.4, -0.2) is 89.0 Å². The molecule has 8 heteroatoms. The van der Waals surface area contributed by atoms with Crippen LogP contribution in [0.5, 0.6) is 5.75 Å². The molecular formula is C29H33N5O3. The summed E-state index contributed by atoms with van der Waals surface area (Å²) < 4.78 is 7.52. The van der Waals surface area contributed by atoms with Gasteiger partial charge < -0.3 is 19.1 Å². The molecule has 0 radical (unpaired) electrons. The van der Waals surface area contributed by atoms with E-state index in [0.717, 1.165) is 22.3 Å². The fraction of sp³-hybridized carbons (Fsp3) is 0.345. The lowest BCUT2D eigenvalue weighted by Crippen LogP contribution is -2.55. The van der Waals surface area contributed by atoms with Crippen LogP contribution in [-0.2, 0) is 11.3 Å². The fourth-order valence-electron chi connectivity index (χ4n) is 4.62. The summed E-state index contributed by atoms with van der Waals surface area (Å²) in [4.78, 5) is 36.1. The highest BCUT2D eigenvalue weighted by Gasteiger charge is 2.29. The molecule has 1 saturated heterocycles. The van der Waals surface area contributed by atoms with Crippen LogP contribution in [0.1, 0.15) is 22.8 Å². The molecule has 2 amide bonds. The van der Waals surface area contributed by atoms with E-state index in [9.17, 15) is 9.59 Å². The molecule has 37 heavy (non-hydrogen) atoms. The predicted octanol–water partition coefficient (Wildman–Crippen LogP) is 2.89. The molecule has 192 valence electrons. The van der Waals surface area contributed by atoms with Gasteiger partial charge in [-0.25, -0.2) is 4.98 Å². The maximum absolute atomic E-state index is 13.4. The van der Waals surface area contributed by atoms with Crippen LogP contribution < -0.4 is 4.74 Å². The first-order valence-corrected chi connectivity index (χ1v) is 12.4. The summed E-state index contributed by atoms with van der Waals surface area (Å²) in [7, 11) is 3.57. The first-order valence-electron chi connectivity index (χ1n) is 12.4. The van der Waals surface area contributed by atoms with Gasteiger partial charge in [0.25, 0.3) is 5.91 Å². The number of methoxy groups -OCH3 is 1. The Bertz CT molecular complexity index is 1340. The molecule has 1 aliphatic rings. The van der Waals surface area contributed by atoms with Gasteiger partial charge in [-0.3, -0.25) is 14.5 Å². The normalized spacial score (nSPS) is 15.9. The van der Waals surface area contributed by atoms with E-state index >= 15 is 0 Å². The number of imidazole rings is 1. The monoisotopic (exact) mass is 499 g/mol. The van der Waals surface area contributed by atoms with Crippen molar-refractivity contribution in [3.8, 4) is 18.1 Å². The second-order valence-corrected chi connectivity index (χ2v) is 9.32. The number of carbonyl (C=O) groups is 2. The third kappa shape index (κ3) is 6.01. The van der Waals surface area contributed by atoms with Crippen molar-refractivity contribution in [1.29, 1.82) is 0 Å². The molecule has 0 unspecified atom stereocenters. The van der Waals surface area contributed by atoms with Gasteiger partial charge in [0.05, 0.1) is 37.6 Å². The lowest BCUT2D eigenvalue weighted by atomic mass is 10.1. The van der Waals surface area contributed by atoms with Gasteiger partial charge in [-0.05, 0) is 38.2 Å². The van der Waals surface area contributed by atoms with E-state index in [4.69, 9.17) is 11.2 Å². The molecule has 2 aromatic carbocycles. The summed E-state index contributed by atoms with van der Waals surface area (Å²) in [5.41, 5.74) is 3.37. The van der Waals surface area contributed by atoms with E-state index in [-0.39, 0.29) is 17.9 Å². The molecule has 1 aliphatic heterocycles.